The number of allylic oxidation sites excluding steroid dienone is 5. The van der Waals surface area contributed by atoms with Gasteiger partial charge in [0.15, 0.2) is 0 Å². The van der Waals surface area contributed by atoms with E-state index in [-0.39, 0.29) is 11.5 Å². The summed E-state index contributed by atoms with van der Waals surface area (Å²) < 4.78 is 0. The lowest BCUT2D eigenvalue weighted by molar-refractivity contribution is 0.430. The molecular weight excluding hydrogens is 248 g/mol. The number of phenols is 1. The molecule has 0 saturated heterocycles. The number of aromatic hydroxyl groups is 1. The van der Waals surface area contributed by atoms with Crippen molar-refractivity contribution in [3.8, 4) is 5.75 Å². The first-order valence-electron chi connectivity index (χ1n) is 7.35. The molecule has 0 heterocycles. The van der Waals surface area contributed by atoms with Crippen LogP contribution in [0.4, 0.5) is 0 Å². The highest BCUT2D eigenvalue weighted by Crippen LogP contribution is 2.38. The Morgan fingerprint density at radius 1 is 0.850 bits per heavy atom. The fourth-order valence-electron chi connectivity index (χ4n) is 3.12. The summed E-state index contributed by atoms with van der Waals surface area (Å²) in [5, 5.41) is 20.1. The fourth-order valence-corrected chi connectivity index (χ4v) is 3.12. The van der Waals surface area contributed by atoms with Gasteiger partial charge in [-0.15, -0.1) is 0 Å². The van der Waals surface area contributed by atoms with Crippen LogP contribution in [-0.4, -0.2) is 10.2 Å². The first-order valence-corrected chi connectivity index (χ1v) is 7.35. The first kappa shape index (κ1) is 13.0. The van der Waals surface area contributed by atoms with Crippen LogP contribution in [0.2, 0.25) is 0 Å². The van der Waals surface area contributed by atoms with Gasteiger partial charge in [0.05, 0.1) is 0 Å². The van der Waals surface area contributed by atoms with Gasteiger partial charge >= 0.3 is 0 Å². The third-order valence-corrected chi connectivity index (χ3v) is 4.26. The molecule has 2 aliphatic carbocycles. The van der Waals surface area contributed by atoms with Crippen LogP contribution in [0.3, 0.4) is 0 Å². The highest BCUT2D eigenvalue weighted by molar-refractivity contribution is 5.77. The van der Waals surface area contributed by atoms with E-state index < -0.39 is 0 Å². The van der Waals surface area contributed by atoms with Crippen LogP contribution in [-0.2, 0) is 0 Å². The molecule has 2 nitrogen and oxygen atoms in total. The molecule has 2 heteroatoms. The van der Waals surface area contributed by atoms with Gasteiger partial charge in [0.2, 0.25) is 0 Å². The standard InChI is InChI=1S/C18H20O2/c19-17-9-5-4-8-15(17)16-12-14(10-11-18(16)20)13-6-2-1-3-7-13/h4-5,8-11,19-20H,1-3,6-7,12H2. The van der Waals surface area contributed by atoms with Crippen molar-refractivity contribution in [2.45, 2.75) is 38.5 Å². The average molecular weight is 268 g/mol. The summed E-state index contributed by atoms with van der Waals surface area (Å²) in [4.78, 5) is 0. The third kappa shape index (κ3) is 2.51. The molecule has 20 heavy (non-hydrogen) atoms. The van der Waals surface area contributed by atoms with E-state index in [0.29, 0.717) is 0 Å². The van der Waals surface area contributed by atoms with Crippen LogP contribution in [0.15, 0.2) is 53.3 Å². The van der Waals surface area contributed by atoms with E-state index in [9.17, 15) is 10.2 Å². The molecule has 2 N–H and O–H groups in total. The molecule has 1 fully saturated rings. The van der Waals surface area contributed by atoms with Gasteiger partial charge in [-0.2, -0.15) is 0 Å². The van der Waals surface area contributed by atoms with E-state index in [4.69, 9.17) is 0 Å². The van der Waals surface area contributed by atoms with Gasteiger partial charge in [-0.3, -0.25) is 0 Å². The van der Waals surface area contributed by atoms with Crippen molar-refractivity contribution in [1.29, 1.82) is 0 Å². The van der Waals surface area contributed by atoms with Crippen LogP contribution in [0.25, 0.3) is 5.57 Å². The van der Waals surface area contributed by atoms with Crippen molar-refractivity contribution in [2.24, 2.45) is 0 Å². The van der Waals surface area contributed by atoms with Crippen molar-refractivity contribution in [2.75, 3.05) is 0 Å². The van der Waals surface area contributed by atoms with Gasteiger partial charge < -0.3 is 10.2 Å². The highest BCUT2D eigenvalue weighted by Gasteiger charge is 2.19. The van der Waals surface area contributed by atoms with Crippen LogP contribution in [0.5, 0.6) is 5.75 Å². The molecule has 0 aliphatic heterocycles. The zero-order valence-electron chi connectivity index (χ0n) is 11.6. The predicted octanol–water partition coefficient (Wildman–Crippen LogP) is 4.88. The topological polar surface area (TPSA) is 40.5 Å². The maximum Gasteiger partial charge on any atom is 0.123 e. The molecule has 0 aromatic heterocycles. The molecule has 3 rings (SSSR count). The summed E-state index contributed by atoms with van der Waals surface area (Å²) >= 11 is 0. The molecule has 104 valence electrons. The third-order valence-electron chi connectivity index (χ3n) is 4.26. The zero-order valence-corrected chi connectivity index (χ0v) is 11.6. The Morgan fingerprint density at radius 3 is 2.35 bits per heavy atom. The number of benzene rings is 1. The Balaban J connectivity index is 1.96. The Labute approximate surface area is 119 Å². The highest BCUT2D eigenvalue weighted by atomic mass is 16.3. The maximum absolute atomic E-state index is 10.1. The van der Waals surface area contributed by atoms with Gasteiger partial charge in [-0.1, -0.05) is 36.3 Å². The summed E-state index contributed by atoms with van der Waals surface area (Å²) in [7, 11) is 0. The second kappa shape index (κ2) is 5.58. The van der Waals surface area contributed by atoms with Crippen LogP contribution >= 0.6 is 0 Å². The number of hydrogen-bond acceptors (Lipinski definition) is 2. The Morgan fingerprint density at radius 2 is 1.60 bits per heavy atom. The lowest BCUT2D eigenvalue weighted by Crippen LogP contribution is -2.03. The second-order valence-electron chi connectivity index (χ2n) is 5.58. The van der Waals surface area contributed by atoms with Crippen LogP contribution < -0.4 is 0 Å². The Kier molecular flexibility index (Phi) is 3.64. The molecule has 1 aromatic carbocycles. The van der Waals surface area contributed by atoms with Crippen LogP contribution in [0.1, 0.15) is 44.1 Å². The van der Waals surface area contributed by atoms with E-state index in [1.54, 1.807) is 18.2 Å². The molecule has 0 bridgehead atoms. The minimum Gasteiger partial charge on any atom is -0.508 e. The van der Waals surface area contributed by atoms with Crippen molar-refractivity contribution < 1.29 is 10.2 Å². The summed E-state index contributed by atoms with van der Waals surface area (Å²) in [5.41, 5.74) is 4.41. The molecular formula is C18H20O2. The number of aliphatic hydroxyl groups excluding tert-OH is 1. The number of phenolic OH excluding ortho intramolecular Hbond substituents is 1. The van der Waals surface area contributed by atoms with Crippen LogP contribution in [0, 0.1) is 0 Å². The molecule has 0 atom stereocenters. The quantitative estimate of drug-likeness (QED) is 0.762. The van der Waals surface area contributed by atoms with E-state index in [0.717, 1.165) is 17.6 Å². The number of hydrogen-bond donors (Lipinski definition) is 2. The first-order chi connectivity index (χ1) is 9.75. The molecule has 2 aliphatic rings. The second-order valence-corrected chi connectivity index (χ2v) is 5.58. The van der Waals surface area contributed by atoms with Crippen molar-refractivity contribution in [3.63, 3.8) is 0 Å². The van der Waals surface area contributed by atoms with Gasteiger partial charge in [-0.05, 0) is 43.4 Å². The molecule has 0 radical (unpaired) electrons. The maximum atomic E-state index is 10.1. The normalized spacial score (nSPS) is 19.6. The van der Waals surface area contributed by atoms with Gasteiger partial charge in [0.25, 0.3) is 0 Å². The lowest BCUT2D eigenvalue weighted by Gasteiger charge is -2.22. The predicted molar refractivity (Wildman–Crippen MR) is 81.5 cm³/mol. The zero-order chi connectivity index (χ0) is 13.9. The minimum atomic E-state index is 0.234. The smallest absolute Gasteiger partial charge is 0.123 e. The Bertz CT molecular complexity index is 598. The molecule has 0 spiro atoms. The van der Waals surface area contributed by atoms with E-state index >= 15 is 0 Å². The number of para-hydroxylation sites is 1. The molecule has 1 aromatic rings. The van der Waals surface area contributed by atoms with Gasteiger partial charge in [0.1, 0.15) is 11.5 Å². The summed E-state index contributed by atoms with van der Waals surface area (Å²) in [6.45, 7) is 0. The van der Waals surface area contributed by atoms with Gasteiger partial charge in [0, 0.05) is 17.6 Å². The van der Waals surface area contributed by atoms with E-state index in [2.05, 4.69) is 0 Å². The van der Waals surface area contributed by atoms with Crippen molar-refractivity contribution in [1.82, 2.24) is 0 Å². The SMILES string of the molecule is OC1=C(c2ccccc2O)CC(=C2CCCCC2)C=C1. The molecule has 1 saturated carbocycles. The van der Waals surface area contributed by atoms with E-state index in [1.165, 1.54) is 43.3 Å². The Hall–Kier alpha value is -1.96. The number of rotatable bonds is 1. The van der Waals surface area contributed by atoms with Crippen molar-refractivity contribution >= 4 is 5.57 Å². The van der Waals surface area contributed by atoms with E-state index in [1.807, 2.05) is 18.2 Å². The summed E-state index contributed by atoms with van der Waals surface area (Å²) in [6, 6.07) is 7.22. The fraction of sp³-hybridized carbons (Fsp3) is 0.333. The number of aliphatic hydroxyl groups is 1. The monoisotopic (exact) mass is 268 g/mol. The minimum absolute atomic E-state index is 0.234. The summed E-state index contributed by atoms with van der Waals surface area (Å²) in [5.74, 6) is 0.504. The van der Waals surface area contributed by atoms with Gasteiger partial charge in [-0.25, -0.2) is 0 Å². The molecule has 0 amide bonds. The largest absolute Gasteiger partial charge is 0.508 e. The lowest BCUT2D eigenvalue weighted by atomic mass is 9.84. The molecule has 0 unspecified atom stereocenters. The van der Waals surface area contributed by atoms with Crippen molar-refractivity contribution in [3.05, 3.63) is 58.9 Å². The summed E-state index contributed by atoms with van der Waals surface area (Å²) in [6.07, 6.45) is 10.7. The average Bonchev–Trinajstić information content (AvgIpc) is 2.49.